The van der Waals surface area contributed by atoms with Gasteiger partial charge in [-0.15, -0.1) is 0 Å². The Morgan fingerprint density at radius 1 is 1.14 bits per heavy atom. The van der Waals surface area contributed by atoms with Crippen LogP contribution >= 0.6 is 0 Å². The highest BCUT2D eigenvalue weighted by Gasteiger charge is 2.22. The van der Waals surface area contributed by atoms with E-state index in [9.17, 15) is 13.2 Å². The van der Waals surface area contributed by atoms with Crippen molar-refractivity contribution in [2.45, 2.75) is 18.4 Å². The zero-order chi connectivity index (χ0) is 20.1. The average molecular weight is 399 g/mol. The Kier molecular flexibility index (Phi) is 5.86. The van der Waals surface area contributed by atoms with Crippen molar-refractivity contribution in [3.8, 4) is 5.82 Å². The van der Waals surface area contributed by atoms with Gasteiger partial charge in [-0.2, -0.15) is 4.31 Å². The van der Waals surface area contributed by atoms with E-state index in [1.807, 2.05) is 23.8 Å². The number of sulfonamides is 1. The van der Waals surface area contributed by atoms with Gasteiger partial charge >= 0.3 is 0 Å². The SMILES string of the molecule is Cc1nccn1-c1cc(CNC(=O)CN(C)S(=O)(=O)c2ccccc2)ccn1. The van der Waals surface area contributed by atoms with E-state index in [4.69, 9.17) is 0 Å². The van der Waals surface area contributed by atoms with Crippen molar-refractivity contribution in [2.75, 3.05) is 13.6 Å². The molecule has 8 nitrogen and oxygen atoms in total. The quantitative estimate of drug-likeness (QED) is 0.650. The number of aryl methyl sites for hydroxylation is 1. The fourth-order valence-electron chi connectivity index (χ4n) is 2.64. The third-order valence-electron chi connectivity index (χ3n) is 4.19. The van der Waals surface area contributed by atoms with Crippen molar-refractivity contribution >= 4 is 15.9 Å². The van der Waals surface area contributed by atoms with Crippen molar-refractivity contribution in [1.82, 2.24) is 24.2 Å². The number of aromatic nitrogens is 3. The first-order valence-electron chi connectivity index (χ1n) is 8.61. The van der Waals surface area contributed by atoms with Crippen molar-refractivity contribution in [3.05, 3.63) is 72.4 Å². The number of carbonyl (C=O) groups excluding carboxylic acids is 1. The molecule has 0 bridgehead atoms. The fourth-order valence-corrected chi connectivity index (χ4v) is 3.79. The summed E-state index contributed by atoms with van der Waals surface area (Å²) in [6.07, 6.45) is 5.15. The van der Waals surface area contributed by atoms with Gasteiger partial charge in [0.05, 0.1) is 11.4 Å². The van der Waals surface area contributed by atoms with Gasteiger partial charge in [-0.1, -0.05) is 18.2 Å². The van der Waals surface area contributed by atoms with Gasteiger partial charge in [-0.3, -0.25) is 9.36 Å². The molecule has 2 aromatic heterocycles. The van der Waals surface area contributed by atoms with Crippen molar-refractivity contribution in [1.29, 1.82) is 0 Å². The van der Waals surface area contributed by atoms with E-state index in [1.54, 1.807) is 36.7 Å². The molecule has 146 valence electrons. The lowest BCUT2D eigenvalue weighted by molar-refractivity contribution is -0.121. The molecule has 28 heavy (non-hydrogen) atoms. The van der Waals surface area contributed by atoms with Crippen LogP contribution in [0.25, 0.3) is 5.82 Å². The van der Waals surface area contributed by atoms with Crippen molar-refractivity contribution in [3.63, 3.8) is 0 Å². The highest BCUT2D eigenvalue weighted by Crippen LogP contribution is 2.13. The fraction of sp³-hybridized carbons (Fsp3) is 0.211. The van der Waals surface area contributed by atoms with Gasteiger partial charge in [0.15, 0.2) is 0 Å². The first-order valence-corrected chi connectivity index (χ1v) is 10.1. The summed E-state index contributed by atoms with van der Waals surface area (Å²) >= 11 is 0. The number of nitrogens with zero attached hydrogens (tertiary/aromatic N) is 4. The largest absolute Gasteiger partial charge is 0.351 e. The lowest BCUT2D eigenvalue weighted by Crippen LogP contribution is -2.38. The molecule has 0 spiro atoms. The Labute approximate surface area is 163 Å². The molecule has 0 aliphatic rings. The third kappa shape index (κ3) is 4.44. The van der Waals surface area contributed by atoms with Gasteiger partial charge < -0.3 is 5.32 Å². The number of likely N-dealkylation sites (N-methyl/N-ethyl adjacent to an activating group) is 1. The van der Waals surface area contributed by atoms with Gasteiger partial charge in [0.25, 0.3) is 0 Å². The molecule has 0 aliphatic heterocycles. The van der Waals surface area contributed by atoms with Crippen LogP contribution in [0.3, 0.4) is 0 Å². The first kappa shape index (κ1) is 19.7. The van der Waals surface area contributed by atoms with Crippen LogP contribution in [0.2, 0.25) is 0 Å². The Morgan fingerprint density at radius 3 is 2.57 bits per heavy atom. The lowest BCUT2D eigenvalue weighted by Gasteiger charge is -2.17. The maximum Gasteiger partial charge on any atom is 0.243 e. The number of hydrogen-bond acceptors (Lipinski definition) is 5. The molecular formula is C19H21N5O3S. The van der Waals surface area contributed by atoms with Gasteiger partial charge in [-0.05, 0) is 36.8 Å². The number of carbonyl (C=O) groups is 1. The highest BCUT2D eigenvalue weighted by atomic mass is 32.2. The van der Waals surface area contributed by atoms with Crippen molar-refractivity contribution in [2.24, 2.45) is 0 Å². The van der Waals surface area contributed by atoms with Crippen LogP contribution in [0.1, 0.15) is 11.4 Å². The molecule has 3 aromatic rings. The molecular weight excluding hydrogens is 378 g/mol. The number of pyridine rings is 1. The number of imidazole rings is 1. The van der Waals surface area contributed by atoms with E-state index in [1.165, 1.54) is 19.2 Å². The Bertz CT molecular complexity index is 1060. The van der Waals surface area contributed by atoms with Crippen LogP contribution in [-0.4, -0.2) is 46.8 Å². The van der Waals surface area contributed by atoms with Crippen LogP contribution in [0.15, 0.2) is 66.0 Å². The summed E-state index contributed by atoms with van der Waals surface area (Å²) in [7, 11) is -2.32. The van der Waals surface area contributed by atoms with E-state index in [0.29, 0.717) is 5.82 Å². The zero-order valence-electron chi connectivity index (χ0n) is 15.6. The highest BCUT2D eigenvalue weighted by molar-refractivity contribution is 7.89. The molecule has 1 amide bonds. The predicted molar refractivity (Wildman–Crippen MR) is 104 cm³/mol. The van der Waals surface area contributed by atoms with Crippen LogP contribution in [-0.2, 0) is 21.4 Å². The lowest BCUT2D eigenvalue weighted by atomic mass is 10.2. The van der Waals surface area contributed by atoms with E-state index >= 15 is 0 Å². The minimum Gasteiger partial charge on any atom is -0.351 e. The molecule has 1 N–H and O–H groups in total. The second kappa shape index (κ2) is 8.32. The Balaban J connectivity index is 1.61. The molecule has 0 radical (unpaired) electrons. The summed E-state index contributed by atoms with van der Waals surface area (Å²) in [5.74, 6) is 1.12. The minimum absolute atomic E-state index is 0.153. The van der Waals surface area contributed by atoms with Crippen LogP contribution in [0.4, 0.5) is 0 Å². The number of amides is 1. The summed E-state index contributed by atoms with van der Waals surface area (Å²) in [6.45, 7) is 1.87. The molecule has 2 heterocycles. The number of hydrogen-bond donors (Lipinski definition) is 1. The molecule has 0 fully saturated rings. The zero-order valence-corrected chi connectivity index (χ0v) is 16.4. The monoisotopic (exact) mass is 399 g/mol. The predicted octanol–water partition coefficient (Wildman–Crippen LogP) is 1.51. The van der Waals surface area contributed by atoms with Crippen molar-refractivity contribution < 1.29 is 13.2 Å². The molecule has 3 rings (SSSR count). The summed E-state index contributed by atoms with van der Waals surface area (Å²) in [5.41, 5.74) is 0.847. The number of nitrogens with one attached hydrogen (secondary N) is 1. The normalized spacial score (nSPS) is 11.5. The topological polar surface area (TPSA) is 97.2 Å². The standard InChI is InChI=1S/C19H21N5O3S/c1-15-20-10-11-24(15)18-12-16(8-9-21-18)13-22-19(25)14-23(2)28(26,27)17-6-4-3-5-7-17/h3-12H,13-14H2,1-2H3,(H,22,25). The second-order valence-corrected chi connectivity index (χ2v) is 8.26. The third-order valence-corrected chi connectivity index (χ3v) is 6.01. The van der Waals surface area contributed by atoms with E-state index < -0.39 is 10.0 Å². The first-order chi connectivity index (χ1) is 13.4. The number of rotatable bonds is 7. The van der Waals surface area contributed by atoms with Crippen LogP contribution in [0, 0.1) is 6.92 Å². The average Bonchev–Trinajstić information content (AvgIpc) is 3.13. The van der Waals surface area contributed by atoms with Gasteiger partial charge in [0.2, 0.25) is 15.9 Å². The maximum absolute atomic E-state index is 12.5. The number of benzene rings is 1. The molecule has 0 saturated heterocycles. The Hall–Kier alpha value is -3.04. The smallest absolute Gasteiger partial charge is 0.243 e. The van der Waals surface area contributed by atoms with Gasteiger partial charge in [0, 0.05) is 32.2 Å². The molecule has 0 atom stereocenters. The van der Waals surface area contributed by atoms with Gasteiger partial charge in [-0.25, -0.2) is 18.4 Å². The summed E-state index contributed by atoms with van der Waals surface area (Å²) < 4.78 is 27.8. The van der Waals surface area contributed by atoms with Crippen LogP contribution in [0.5, 0.6) is 0 Å². The van der Waals surface area contributed by atoms with E-state index in [-0.39, 0.29) is 23.9 Å². The second-order valence-electron chi connectivity index (χ2n) is 6.22. The van der Waals surface area contributed by atoms with Crippen LogP contribution < -0.4 is 5.32 Å². The van der Waals surface area contributed by atoms with Gasteiger partial charge in [0.1, 0.15) is 11.6 Å². The molecule has 0 unspecified atom stereocenters. The minimum atomic E-state index is -3.71. The molecule has 1 aromatic carbocycles. The Morgan fingerprint density at radius 2 is 1.89 bits per heavy atom. The summed E-state index contributed by atoms with van der Waals surface area (Å²) in [6, 6.07) is 11.7. The molecule has 0 aliphatic carbocycles. The maximum atomic E-state index is 12.5. The molecule has 9 heteroatoms. The summed E-state index contributed by atoms with van der Waals surface area (Å²) in [5, 5.41) is 2.74. The summed E-state index contributed by atoms with van der Waals surface area (Å²) in [4.78, 5) is 20.9. The van der Waals surface area contributed by atoms with E-state index in [2.05, 4.69) is 15.3 Å². The van der Waals surface area contributed by atoms with E-state index in [0.717, 1.165) is 15.7 Å². The molecule has 0 saturated carbocycles.